The lowest BCUT2D eigenvalue weighted by atomic mass is 10.00. The third-order valence-corrected chi connectivity index (χ3v) is 4.07. The Hall–Kier alpha value is -1.14. The van der Waals surface area contributed by atoms with Crippen LogP contribution in [0.4, 0.5) is 0 Å². The van der Waals surface area contributed by atoms with Gasteiger partial charge in [0.25, 0.3) is 0 Å². The van der Waals surface area contributed by atoms with Gasteiger partial charge in [-0.05, 0) is 67.7 Å². The van der Waals surface area contributed by atoms with Crippen LogP contribution in [0, 0.1) is 5.92 Å². The maximum Gasteiger partial charge on any atom is 0.310 e. The predicted octanol–water partition coefficient (Wildman–Crippen LogP) is 4.59. The molecule has 0 bridgehead atoms. The van der Waals surface area contributed by atoms with Crippen LogP contribution in [0.25, 0.3) is 0 Å². The van der Waals surface area contributed by atoms with Crippen molar-refractivity contribution in [3.63, 3.8) is 0 Å². The van der Waals surface area contributed by atoms with Gasteiger partial charge in [0.05, 0.1) is 24.5 Å². The molecule has 0 rings (SSSR count). The molecule has 0 radical (unpaired) electrons. The van der Waals surface area contributed by atoms with E-state index in [9.17, 15) is 9.59 Å². The van der Waals surface area contributed by atoms with Gasteiger partial charge in [-0.2, -0.15) is 0 Å². The summed E-state index contributed by atoms with van der Waals surface area (Å²) in [5.74, 6) is -1.46. The fraction of sp³-hybridized carbons (Fsp3) is 0.900. The monoisotopic (exact) mass is 374 g/mol. The Bertz CT molecular complexity index is 448. The summed E-state index contributed by atoms with van der Waals surface area (Å²) in [5, 5.41) is 0. The van der Waals surface area contributed by atoms with Gasteiger partial charge in [0, 0.05) is 0 Å². The van der Waals surface area contributed by atoms with Crippen molar-refractivity contribution in [1.29, 1.82) is 0 Å². The number of hydrogen-bond donors (Lipinski definition) is 0. The zero-order chi connectivity index (χ0) is 20.6. The molecule has 0 aliphatic rings. The van der Waals surface area contributed by atoms with Gasteiger partial charge in [-0.25, -0.2) is 9.78 Å². The van der Waals surface area contributed by atoms with Crippen LogP contribution in [0.2, 0.25) is 0 Å². The number of esters is 2. The molecule has 0 saturated carbocycles. The zero-order valence-electron chi connectivity index (χ0n) is 18.1. The minimum absolute atomic E-state index is 0.0407. The van der Waals surface area contributed by atoms with Crippen molar-refractivity contribution in [2.75, 3.05) is 6.61 Å². The van der Waals surface area contributed by atoms with Crippen LogP contribution in [-0.4, -0.2) is 35.3 Å². The highest BCUT2D eigenvalue weighted by Crippen LogP contribution is 2.22. The van der Waals surface area contributed by atoms with Gasteiger partial charge < -0.3 is 9.47 Å². The van der Waals surface area contributed by atoms with E-state index in [1.54, 1.807) is 0 Å². The van der Waals surface area contributed by atoms with Crippen LogP contribution in [0.3, 0.4) is 0 Å². The van der Waals surface area contributed by atoms with Crippen LogP contribution < -0.4 is 0 Å². The molecule has 26 heavy (non-hydrogen) atoms. The van der Waals surface area contributed by atoms with Gasteiger partial charge in [0.15, 0.2) is 0 Å². The molecule has 0 saturated heterocycles. The molecule has 0 N–H and O–H groups in total. The Kier molecular flexibility index (Phi) is 9.81. The Morgan fingerprint density at radius 2 is 1.35 bits per heavy atom. The Morgan fingerprint density at radius 1 is 0.846 bits per heavy atom. The molecule has 6 heteroatoms. The molecule has 0 fully saturated rings. The molecule has 0 heterocycles. The van der Waals surface area contributed by atoms with E-state index in [0.29, 0.717) is 19.3 Å². The summed E-state index contributed by atoms with van der Waals surface area (Å²) in [4.78, 5) is 35.2. The fourth-order valence-corrected chi connectivity index (χ4v) is 1.76. The van der Waals surface area contributed by atoms with E-state index in [1.807, 2.05) is 62.3 Å². The maximum atomic E-state index is 12.6. The van der Waals surface area contributed by atoms with E-state index in [4.69, 9.17) is 19.2 Å². The fourth-order valence-electron chi connectivity index (χ4n) is 1.76. The summed E-state index contributed by atoms with van der Waals surface area (Å²) in [6.45, 7) is 17.1. The number of carbonyl (C=O) groups is 2. The van der Waals surface area contributed by atoms with E-state index in [1.165, 1.54) is 0 Å². The summed E-state index contributed by atoms with van der Waals surface area (Å²) in [5.41, 5.74) is -1.57. The third-order valence-electron chi connectivity index (χ3n) is 4.07. The summed E-state index contributed by atoms with van der Waals surface area (Å²) in [7, 11) is 0. The minimum Gasteiger partial charge on any atom is -0.460 e. The van der Waals surface area contributed by atoms with Gasteiger partial charge in [0.2, 0.25) is 0 Å². The van der Waals surface area contributed by atoms with Gasteiger partial charge in [-0.1, -0.05) is 13.8 Å². The van der Waals surface area contributed by atoms with Crippen LogP contribution >= 0.6 is 0 Å². The first-order valence-corrected chi connectivity index (χ1v) is 9.46. The van der Waals surface area contributed by atoms with Crippen LogP contribution in [-0.2, 0) is 28.8 Å². The van der Waals surface area contributed by atoms with Crippen molar-refractivity contribution < 1.29 is 28.8 Å². The molecule has 6 nitrogen and oxygen atoms in total. The van der Waals surface area contributed by atoms with Crippen molar-refractivity contribution in [2.45, 2.75) is 105 Å². The second kappa shape index (κ2) is 10.3. The maximum absolute atomic E-state index is 12.6. The highest BCUT2D eigenvalue weighted by Gasteiger charge is 2.31. The number of ether oxygens (including phenoxy) is 2. The van der Waals surface area contributed by atoms with Crippen molar-refractivity contribution >= 4 is 11.9 Å². The molecular formula is C20H38O6. The normalized spacial score (nSPS) is 14.0. The molecule has 154 valence electrons. The third kappa shape index (κ3) is 11.5. The van der Waals surface area contributed by atoms with Gasteiger partial charge in [0.1, 0.15) is 11.2 Å². The number of carbonyl (C=O) groups excluding carboxylic acids is 2. The molecule has 1 atom stereocenters. The molecule has 0 amide bonds. The lowest BCUT2D eigenvalue weighted by Gasteiger charge is -2.28. The quantitative estimate of drug-likeness (QED) is 0.228. The SMILES string of the molecule is CCC(C)(C)OC(=O)CC(CCOOC(C)(C)C)C(=O)OC(C)(C)CC. The molecule has 0 aromatic carbocycles. The number of hydrogen-bond acceptors (Lipinski definition) is 6. The Labute approximate surface area is 158 Å². The van der Waals surface area contributed by atoms with Gasteiger partial charge in [-0.3, -0.25) is 9.59 Å². The summed E-state index contributed by atoms with van der Waals surface area (Å²) >= 11 is 0. The van der Waals surface area contributed by atoms with E-state index in [0.717, 1.165) is 0 Å². The standard InChI is InChI=1S/C20H38O6/c1-10-19(6,7)24-16(21)14-15(12-13-23-26-18(3,4)5)17(22)25-20(8,9)11-2/h15H,10-14H2,1-9H3. The summed E-state index contributed by atoms with van der Waals surface area (Å²) < 4.78 is 11.0. The zero-order valence-corrected chi connectivity index (χ0v) is 18.1. The van der Waals surface area contributed by atoms with E-state index in [-0.39, 0.29) is 13.0 Å². The predicted molar refractivity (Wildman–Crippen MR) is 100 cm³/mol. The smallest absolute Gasteiger partial charge is 0.310 e. The molecule has 0 aromatic heterocycles. The van der Waals surface area contributed by atoms with Crippen LogP contribution in [0.15, 0.2) is 0 Å². The highest BCUT2D eigenvalue weighted by atomic mass is 17.2. The largest absolute Gasteiger partial charge is 0.460 e. The average Bonchev–Trinajstić information content (AvgIpc) is 2.48. The first-order chi connectivity index (χ1) is 11.7. The first-order valence-electron chi connectivity index (χ1n) is 9.46. The molecule has 0 aliphatic carbocycles. The lowest BCUT2D eigenvalue weighted by molar-refractivity contribution is -0.349. The van der Waals surface area contributed by atoms with Crippen molar-refractivity contribution in [3.05, 3.63) is 0 Å². The second-order valence-corrected chi connectivity index (χ2v) is 8.83. The van der Waals surface area contributed by atoms with E-state index >= 15 is 0 Å². The van der Waals surface area contributed by atoms with Crippen LogP contribution in [0.1, 0.15) is 88.0 Å². The molecule has 0 aromatic rings. The molecule has 0 spiro atoms. The summed E-state index contributed by atoms with van der Waals surface area (Å²) in [6, 6.07) is 0. The molecular weight excluding hydrogens is 336 g/mol. The Balaban J connectivity index is 4.87. The topological polar surface area (TPSA) is 71.1 Å². The van der Waals surface area contributed by atoms with E-state index in [2.05, 4.69) is 0 Å². The number of rotatable bonds is 11. The van der Waals surface area contributed by atoms with Crippen molar-refractivity contribution in [3.8, 4) is 0 Å². The van der Waals surface area contributed by atoms with Crippen LogP contribution in [0.5, 0.6) is 0 Å². The molecule has 0 aliphatic heterocycles. The van der Waals surface area contributed by atoms with E-state index < -0.39 is 34.7 Å². The molecule has 1 unspecified atom stereocenters. The minimum atomic E-state index is -0.635. The summed E-state index contributed by atoms with van der Waals surface area (Å²) in [6.07, 6.45) is 1.65. The van der Waals surface area contributed by atoms with Gasteiger partial charge in [-0.15, -0.1) is 0 Å². The Morgan fingerprint density at radius 3 is 1.81 bits per heavy atom. The second-order valence-electron chi connectivity index (χ2n) is 8.83. The lowest BCUT2D eigenvalue weighted by Crippen LogP contribution is -2.34. The first kappa shape index (κ1) is 24.9. The average molecular weight is 375 g/mol. The highest BCUT2D eigenvalue weighted by molar-refractivity contribution is 5.80. The van der Waals surface area contributed by atoms with Gasteiger partial charge >= 0.3 is 11.9 Å². The van der Waals surface area contributed by atoms with Crippen molar-refractivity contribution in [1.82, 2.24) is 0 Å². The van der Waals surface area contributed by atoms with Crippen molar-refractivity contribution in [2.24, 2.45) is 5.92 Å².